The maximum absolute atomic E-state index is 12.7. The van der Waals surface area contributed by atoms with Gasteiger partial charge in [0.15, 0.2) is 6.61 Å². The Morgan fingerprint density at radius 1 is 1.03 bits per heavy atom. The molecular formula is C21H27N3O6. The number of benzene rings is 1. The number of nitrogens with zero attached hydrogens (tertiary/aromatic N) is 1. The van der Waals surface area contributed by atoms with Crippen LogP contribution >= 0.6 is 0 Å². The Labute approximate surface area is 175 Å². The Morgan fingerprint density at radius 2 is 1.60 bits per heavy atom. The molecule has 5 amide bonds. The van der Waals surface area contributed by atoms with Gasteiger partial charge in [-0.15, -0.1) is 0 Å². The lowest BCUT2D eigenvalue weighted by Crippen LogP contribution is -2.48. The van der Waals surface area contributed by atoms with Crippen LogP contribution in [0.15, 0.2) is 24.3 Å². The van der Waals surface area contributed by atoms with Gasteiger partial charge in [-0.3, -0.25) is 24.6 Å². The van der Waals surface area contributed by atoms with Crippen molar-refractivity contribution >= 4 is 29.7 Å². The number of urea groups is 1. The van der Waals surface area contributed by atoms with E-state index < -0.39 is 42.4 Å². The van der Waals surface area contributed by atoms with Gasteiger partial charge in [0.1, 0.15) is 6.04 Å². The van der Waals surface area contributed by atoms with Gasteiger partial charge in [-0.05, 0) is 37.8 Å². The lowest BCUT2D eigenvalue weighted by atomic mass is 10.0. The minimum absolute atomic E-state index is 0.0259. The van der Waals surface area contributed by atoms with Gasteiger partial charge in [0.05, 0.1) is 11.1 Å². The van der Waals surface area contributed by atoms with Crippen LogP contribution in [0.25, 0.3) is 0 Å². The van der Waals surface area contributed by atoms with Crippen molar-refractivity contribution in [2.45, 2.75) is 52.6 Å². The fourth-order valence-electron chi connectivity index (χ4n) is 3.00. The van der Waals surface area contributed by atoms with E-state index in [1.807, 2.05) is 20.8 Å². The third-order valence-electron chi connectivity index (χ3n) is 4.69. The van der Waals surface area contributed by atoms with Gasteiger partial charge < -0.3 is 10.1 Å². The van der Waals surface area contributed by atoms with Gasteiger partial charge in [0.2, 0.25) is 0 Å². The molecular weight excluding hydrogens is 390 g/mol. The van der Waals surface area contributed by atoms with Crippen LogP contribution in [-0.2, 0) is 14.3 Å². The van der Waals surface area contributed by atoms with E-state index in [-0.39, 0.29) is 29.5 Å². The minimum atomic E-state index is -1.17. The Hall–Kier alpha value is -3.23. The molecule has 9 nitrogen and oxygen atoms in total. The van der Waals surface area contributed by atoms with Crippen LogP contribution in [-0.4, -0.2) is 53.3 Å². The number of nitrogens with one attached hydrogen (secondary N) is 2. The summed E-state index contributed by atoms with van der Waals surface area (Å²) in [6.07, 6.45) is 0.869. The highest BCUT2D eigenvalue weighted by molar-refractivity contribution is 6.22. The predicted molar refractivity (Wildman–Crippen MR) is 108 cm³/mol. The van der Waals surface area contributed by atoms with Crippen molar-refractivity contribution in [2.24, 2.45) is 5.92 Å². The molecule has 0 spiro atoms. The zero-order valence-electron chi connectivity index (χ0n) is 17.6. The molecule has 1 aromatic rings. The first-order valence-corrected chi connectivity index (χ1v) is 9.89. The average Bonchev–Trinajstić information content (AvgIpc) is 2.94. The van der Waals surface area contributed by atoms with Gasteiger partial charge >= 0.3 is 12.0 Å². The highest BCUT2D eigenvalue weighted by atomic mass is 16.5. The van der Waals surface area contributed by atoms with Crippen LogP contribution in [0, 0.1) is 5.92 Å². The van der Waals surface area contributed by atoms with Crippen LogP contribution in [0.4, 0.5) is 4.79 Å². The first-order chi connectivity index (χ1) is 14.1. The molecule has 0 aliphatic carbocycles. The van der Waals surface area contributed by atoms with Crippen LogP contribution in [0.3, 0.4) is 0 Å². The number of ether oxygens (including phenoxy) is 1. The van der Waals surface area contributed by atoms with E-state index in [4.69, 9.17) is 4.74 Å². The first-order valence-electron chi connectivity index (χ1n) is 9.89. The van der Waals surface area contributed by atoms with Gasteiger partial charge in [-0.25, -0.2) is 9.59 Å². The fraction of sp³-hybridized carbons (Fsp3) is 0.476. The molecule has 1 heterocycles. The number of esters is 1. The molecule has 0 unspecified atom stereocenters. The number of carbonyl (C=O) groups excluding carboxylic acids is 5. The second-order valence-electron chi connectivity index (χ2n) is 7.61. The molecule has 2 atom stereocenters. The molecule has 2 rings (SSSR count). The molecule has 9 heteroatoms. The highest BCUT2D eigenvalue weighted by Crippen LogP contribution is 2.27. The topological polar surface area (TPSA) is 122 Å². The van der Waals surface area contributed by atoms with Crippen molar-refractivity contribution < 1.29 is 28.7 Å². The molecule has 162 valence electrons. The normalized spacial score (nSPS) is 14.9. The van der Waals surface area contributed by atoms with Crippen molar-refractivity contribution in [3.63, 3.8) is 0 Å². The zero-order valence-corrected chi connectivity index (χ0v) is 17.6. The SMILES string of the molecule is CC[C@@H](C)NC(=O)NC(=O)COC(=O)[C@@H](CC(C)C)N1C(=O)c2ccccc2C1=O. The molecule has 1 aliphatic heterocycles. The van der Waals surface area contributed by atoms with E-state index in [0.717, 1.165) is 4.90 Å². The molecule has 2 N–H and O–H groups in total. The quantitative estimate of drug-likeness (QED) is 0.492. The largest absolute Gasteiger partial charge is 0.454 e. The second-order valence-corrected chi connectivity index (χ2v) is 7.61. The molecule has 0 radical (unpaired) electrons. The van der Waals surface area contributed by atoms with E-state index in [1.165, 1.54) is 12.1 Å². The van der Waals surface area contributed by atoms with E-state index in [2.05, 4.69) is 10.6 Å². The second kappa shape index (κ2) is 10.00. The number of fused-ring (bicyclic) bond motifs is 1. The summed E-state index contributed by atoms with van der Waals surface area (Å²) in [4.78, 5) is 62.6. The lowest BCUT2D eigenvalue weighted by Gasteiger charge is -2.25. The van der Waals surface area contributed by atoms with Gasteiger partial charge in [-0.2, -0.15) is 0 Å². The van der Waals surface area contributed by atoms with E-state index in [0.29, 0.717) is 6.42 Å². The summed E-state index contributed by atoms with van der Waals surface area (Å²) < 4.78 is 5.03. The van der Waals surface area contributed by atoms with Crippen molar-refractivity contribution in [3.05, 3.63) is 35.4 Å². The van der Waals surface area contributed by atoms with Crippen LogP contribution in [0.1, 0.15) is 61.3 Å². The van der Waals surface area contributed by atoms with Crippen molar-refractivity contribution in [3.8, 4) is 0 Å². The van der Waals surface area contributed by atoms with Crippen molar-refractivity contribution in [2.75, 3.05) is 6.61 Å². The summed E-state index contributed by atoms with van der Waals surface area (Å²) in [5.74, 6) is -2.86. The molecule has 1 aromatic carbocycles. The minimum Gasteiger partial charge on any atom is -0.454 e. The lowest BCUT2D eigenvalue weighted by molar-refractivity contribution is -0.152. The Kier molecular flexibility index (Phi) is 7.68. The number of carbonyl (C=O) groups is 5. The zero-order chi connectivity index (χ0) is 22.4. The summed E-state index contributed by atoms with van der Waals surface area (Å²) in [5, 5.41) is 4.62. The van der Waals surface area contributed by atoms with Crippen LogP contribution < -0.4 is 10.6 Å². The monoisotopic (exact) mass is 417 g/mol. The van der Waals surface area contributed by atoms with E-state index in [9.17, 15) is 24.0 Å². The smallest absolute Gasteiger partial charge is 0.329 e. The third-order valence-corrected chi connectivity index (χ3v) is 4.69. The van der Waals surface area contributed by atoms with E-state index >= 15 is 0 Å². The molecule has 0 fully saturated rings. The Bertz CT molecular complexity index is 816. The molecule has 0 saturated carbocycles. The molecule has 0 aromatic heterocycles. The van der Waals surface area contributed by atoms with Gasteiger partial charge in [0.25, 0.3) is 17.7 Å². The van der Waals surface area contributed by atoms with E-state index in [1.54, 1.807) is 19.1 Å². The average molecular weight is 417 g/mol. The van der Waals surface area contributed by atoms with Gasteiger partial charge in [0, 0.05) is 6.04 Å². The van der Waals surface area contributed by atoms with Crippen LogP contribution in [0.5, 0.6) is 0 Å². The summed E-state index contributed by atoms with van der Waals surface area (Å²) in [5.41, 5.74) is 0.451. The summed E-state index contributed by atoms with van der Waals surface area (Å²) in [6, 6.07) is 4.34. The maximum Gasteiger partial charge on any atom is 0.329 e. The summed E-state index contributed by atoms with van der Waals surface area (Å²) in [7, 11) is 0. The number of imide groups is 2. The predicted octanol–water partition coefficient (Wildman–Crippen LogP) is 1.86. The number of amides is 5. The number of hydrogen-bond donors (Lipinski definition) is 2. The molecule has 1 aliphatic rings. The molecule has 0 saturated heterocycles. The Balaban J connectivity index is 2.05. The third kappa shape index (κ3) is 5.43. The number of hydrogen-bond acceptors (Lipinski definition) is 6. The van der Waals surface area contributed by atoms with Crippen molar-refractivity contribution in [1.82, 2.24) is 15.5 Å². The Morgan fingerprint density at radius 3 is 2.10 bits per heavy atom. The standard InChI is InChI=1S/C21H27N3O6/c1-5-13(4)22-21(29)23-17(25)11-30-20(28)16(10-12(2)3)24-18(26)14-8-6-7-9-15(14)19(24)27/h6-9,12-13,16H,5,10-11H2,1-4H3,(H2,22,23,25,29)/t13-,16-/m1/s1. The van der Waals surface area contributed by atoms with Crippen molar-refractivity contribution in [1.29, 1.82) is 0 Å². The first kappa shape index (κ1) is 23.1. The maximum atomic E-state index is 12.7. The van der Waals surface area contributed by atoms with Gasteiger partial charge in [-0.1, -0.05) is 32.9 Å². The summed E-state index contributed by atoms with van der Waals surface area (Å²) >= 11 is 0. The fourth-order valence-corrected chi connectivity index (χ4v) is 3.00. The van der Waals surface area contributed by atoms with Crippen LogP contribution in [0.2, 0.25) is 0 Å². The highest BCUT2D eigenvalue weighted by Gasteiger charge is 2.43. The molecule has 0 bridgehead atoms. The summed E-state index contributed by atoms with van der Waals surface area (Å²) in [6.45, 7) is 6.63. The number of rotatable bonds is 8. The molecule has 30 heavy (non-hydrogen) atoms.